The summed E-state index contributed by atoms with van der Waals surface area (Å²) in [7, 11) is 0. The average Bonchev–Trinajstić information content (AvgIpc) is 2.49. The molecule has 1 aromatic rings. The van der Waals surface area contributed by atoms with Crippen LogP contribution in [0.3, 0.4) is 0 Å². The Hall–Kier alpha value is -2.05. The van der Waals surface area contributed by atoms with E-state index in [2.05, 4.69) is 10.5 Å². The van der Waals surface area contributed by atoms with E-state index >= 15 is 0 Å². The Bertz CT molecular complexity index is 482. The average molecular weight is 275 g/mol. The van der Waals surface area contributed by atoms with Crippen molar-refractivity contribution in [2.45, 2.75) is 0 Å². The molecular formula is C14H17N3O3. The highest BCUT2D eigenvalue weighted by Gasteiger charge is 2.13. The largest absolute Gasteiger partial charge is 0.379 e. The maximum Gasteiger partial charge on any atom is 0.254 e. The highest BCUT2D eigenvalue weighted by molar-refractivity contribution is 6.35. The molecule has 6 heteroatoms. The van der Waals surface area contributed by atoms with E-state index in [1.807, 2.05) is 11.0 Å². The van der Waals surface area contributed by atoms with Crippen molar-refractivity contribution in [2.24, 2.45) is 5.10 Å². The Morgan fingerprint density at radius 1 is 1.25 bits per heavy atom. The molecule has 1 fully saturated rings. The summed E-state index contributed by atoms with van der Waals surface area (Å²) in [5.41, 5.74) is 2.90. The van der Waals surface area contributed by atoms with Gasteiger partial charge in [0.05, 0.1) is 26.0 Å². The minimum Gasteiger partial charge on any atom is -0.379 e. The first-order valence-corrected chi connectivity index (χ1v) is 6.47. The van der Waals surface area contributed by atoms with Crippen molar-refractivity contribution in [1.82, 2.24) is 10.3 Å². The van der Waals surface area contributed by atoms with Crippen LogP contribution in [0.1, 0.15) is 10.4 Å². The number of rotatable bonds is 5. The number of benzene rings is 1. The van der Waals surface area contributed by atoms with Gasteiger partial charge in [-0.3, -0.25) is 14.5 Å². The lowest BCUT2D eigenvalue weighted by Gasteiger charge is -2.25. The van der Waals surface area contributed by atoms with Crippen LogP contribution in [-0.4, -0.2) is 55.7 Å². The Balaban J connectivity index is 1.75. The minimum atomic E-state index is -0.239. The molecule has 2 rings (SSSR count). The predicted molar refractivity (Wildman–Crippen MR) is 74.7 cm³/mol. The molecule has 1 amide bonds. The van der Waals surface area contributed by atoms with Gasteiger partial charge in [0, 0.05) is 18.7 Å². The van der Waals surface area contributed by atoms with E-state index in [0.717, 1.165) is 19.3 Å². The van der Waals surface area contributed by atoms with E-state index in [1.54, 1.807) is 24.3 Å². The van der Waals surface area contributed by atoms with Crippen LogP contribution in [0.25, 0.3) is 0 Å². The van der Waals surface area contributed by atoms with Crippen LogP contribution in [0.5, 0.6) is 0 Å². The van der Waals surface area contributed by atoms with Gasteiger partial charge in [-0.25, -0.2) is 5.43 Å². The lowest BCUT2D eigenvalue weighted by molar-refractivity contribution is -0.123. The SMILES string of the molecule is O=C(CN1CCOCC1)N/N=C\C(=O)c1ccccc1. The van der Waals surface area contributed by atoms with E-state index < -0.39 is 0 Å². The predicted octanol–water partition coefficient (Wildman–Crippen LogP) is 0.304. The van der Waals surface area contributed by atoms with E-state index in [9.17, 15) is 9.59 Å². The molecule has 0 atom stereocenters. The molecule has 1 N–H and O–H groups in total. The maximum atomic E-state index is 11.7. The van der Waals surface area contributed by atoms with Crippen molar-refractivity contribution < 1.29 is 14.3 Å². The molecule has 106 valence electrons. The summed E-state index contributed by atoms with van der Waals surface area (Å²) in [4.78, 5) is 25.3. The molecule has 0 spiro atoms. The first kappa shape index (κ1) is 14.4. The van der Waals surface area contributed by atoms with Crippen LogP contribution < -0.4 is 5.43 Å². The topological polar surface area (TPSA) is 71.0 Å². The summed E-state index contributed by atoms with van der Waals surface area (Å²) in [6.07, 6.45) is 1.12. The number of carbonyl (C=O) groups is 2. The van der Waals surface area contributed by atoms with E-state index in [4.69, 9.17) is 4.74 Å². The quantitative estimate of drug-likeness (QED) is 0.477. The van der Waals surface area contributed by atoms with Gasteiger partial charge in [-0.2, -0.15) is 5.10 Å². The molecule has 1 aromatic carbocycles. The Labute approximate surface area is 117 Å². The molecule has 1 aliphatic heterocycles. The summed E-state index contributed by atoms with van der Waals surface area (Å²) in [5.74, 6) is -0.471. The van der Waals surface area contributed by atoms with Crippen molar-refractivity contribution in [2.75, 3.05) is 32.8 Å². The van der Waals surface area contributed by atoms with Crippen LogP contribution in [0.15, 0.2) is 35.4 Å². The van der Waals surface area contributed by atoms with Crippen molar-refractivity contribution in [1.29, 1.82) is 0 Å². The maximum absolute atomic E-state index is 11.7. The second-order valence-electron chi connectivity index (χ2n) is 4.41. The second-order valence-corrected chi connectivity index (χ2v) is 4.41. The number of hydrazone groups is 1. The number of ether oxygens (including phenoxy) is 1. The Kier molecular flexibility index (Phi) is 5.40. The number of Topliss-reactive ketones (excluding diaryl/α,β-unsaturated/α-hetero) is 1. The fraction of sp³-hybridized carbons (Fsp3) is 0.357. The van der Waals surface area contributed by atoms with E-state index in [1.165, 1.54) is 0 Å². The fourth-order valence-electron chi connectivity index (χ4n) is 1.84. The van der Waals surface area contributed by atoms with Gasteiger partial charge in [-0.15, -0.1) is 0 Å². The zero-order valence-electron chi connectivity index (χ0n) is 11.1. The van der Waals surface area contributed by atoms with Gasteiger partial charge in [0.1, 0.15) is 0 Å². The Morgan fingerprint density at radius 3 is 2.65 bits per heavy atom. The highest BCUT2D eigenvalue weighted by atomic mass is 16.5. The molecule has 6 nitrogen and oxygen atoms in total. The number of amides is 1. The van der Waals surface area contributed by atoms with Gasteiger partial charge in [0.2, 0.25) is 5.78 Å². The van der Waals surface area contributed by atoms with E-state index in [0.29, 0.717) is 18.8 Å². The molecule has 0 aromatic heterocycles. The number of hydrogen-bond acceptors (Lipinski definition) is 5. The zero-order valence-corrected chi connectivity index (χ0v) is 11.1. The van der Waals surface area contributed by atoms with Crippen LogP contribution >= 0.6 is 0 Å². The number of morpholine rings is 1. The molecule has 0 bridgehead atoms. The monoisotopic (exact) mass is 275 g/mol. The van der Waals surface area contributed by atoms with Crippen LogP contribution in [0.4, 0.5) is 0 Å². The van der Waals surface area contributed by atoms with Crippen molar-refractivity contribution in [3.05, 3.63) is 35.9 Å². The van der Waals surface area contributed by atoms with Crippen LogP contribution in [-0.2, 0) is 9.53 Å². The number of ketones is 1. The van der Waals surface area contributed by atoms with Gasteiger partial charge in [0.15, 0.2) is 0 Å². The minimum absolute atomic E-state index is 0.232. The molecule has 0 unspecified atom stereocenters. The molecule has 0 aliphatic carbocycles. The Morgan fingerprint density at radius 2 is 1.95 bits per heavy atom. The molecule has 1 aliphatic rings. The van der Waals surface area contributed by atoms with Gasteiger partial charge in [0.25, 0.3) is 5.91 Å². The number of nitrogens with one attached hydrogen (secondary N) is 1. The third-order valence-electron chi connectivity index (χ3n) is 2.90. The normalized spacial score (nSPS) is 16.2. The molecule has 20 heavy (non-hydrogen) atoms. The third kappa shape index (κ3) is 4.56. The fourth-order valence-corrected chi connectivity index (χ4v) is 1.84. The number of carbonyl (C=O) groups excluding carboxylic acids is 2. The first-order valence-electron chi connectivity index (χ1n) is 6.47. The summed E-state index contributed by atoms with van der Waals surface area (Å²) >= 11 is 0. The van der Waals surface area contributed by atoms with Crippen LogP contribution in [0, 0.1) is 0 Å². The van der Waals surface area contributed by atoms with Crippen molar-refractivity contribution in [3.63, 3.8) is 0 Å². The van der Waals surface area contributed by atoms with Gasteiger partial charge >= 0.3 is 0 Å². The number of hydrogen-bond donors (Lipinski definition) is 1. The molecule has 0 saturated carbocycles. The molecular weight excluding hydrogens is 258 g/mol. The first-order chi connectivity index (χ1) is 9.75. The smallest absolute Gasteiger partial charge is 0.254 e. The van der Waals surface area contributed by atoms with Crippen LogP contribution in [0.2, 0.25) is 0 Å². The van der Waals surface area contributed by atoms with Crippen molar-refractivity contribution >= 4 is 17.9 Å². The van der Waals surface area contributed by atoms with Gasteiger partial charge in [-0.1, -0.05) is 30.3 Å². The summed E-state index contributed by atoms with van der Waals surface area (Å²) in [6, 6.07) is 8.78. The number of nitrogens with zero attached hydrogens (tertiary/aromatic N) is 2. The summed E-state index contributed by atoms with van der Waals surface area (Å²) in [6.45, 7) is 3.02. The summed E-state index contributed by atoms with van der Waals surface area (Å²) < 4.78 is 5.20. The molecule has 0 radical (unpaired) electrons. The standard InChI is InChI=1S/C14H17N3O3/c18-13(12-4-2-1-3-5-12)10-15-16-14(19)11-17-6-8-20-9-7-17/h1-5,10H,6-9,11H2,(H,16,19)/b15-10-. The lowest BCUT2D eigenvalue weighted by atomic mass is 10.1. The molecule has 1 heterocycles. The third-order valence-corrected chi connectivity index (χ3v) is 2.90. The van der Waals surface area contributed by atoms with E-state index in [-0.39, 0.29) is 18.2 Å². The van der Waals surface area contributed by atoms with Gasteiger partial charge < -0.3 is 4.74 Å². The highest BCUT2D eigenvalue weighted by Crippen LogP contribution is 1.98. The van der Waals surface area contributed by atoms with Gasteiger partial charge in [-0.05, 0) is 0 Å². The summed E-state index contributed by atoms with van der Waals surface area (Å²) in [5, 5.41) is 3.68. The second kappa shape index (κ2) is 7.52. The molecule has 1 saturated heterocycles. The zero-order chi connectivity index (χ0) is 14.2. The van der Waals surface area contributed by atoms with Crippen molar-refractivity contribution in [3.8, 4) is 0 Å². The lowest BCUT2D eigenvalue weighted by Crippen LogP contribution is -2.42.